The molecule has 0 saturated carbocycles. The average Bonchev–Trinajstić information content (AvgIpc) is 2.27. The van der Waals surface area contributed by atoms with Gasteiger partial charge >= 0.3 is 0 Å². The fraction of sp³-hybridized carbons (Fsp3) is 0.571. The van der Waals surface area contributed by atoms with E-state index >= 15 is 0 Å². The highest BCUT2D eigenvalue weighted by Crippen LogP contribution is 2.31. The minimum absolute atomic E-state index is 0.0805. The number of methoxy groups -OCH3 is 1. The van der Waals surface area contributed by atoms with E-state index < -0.39 is 0 Å². The molecule has 0 spiro atoms. The highest BCUT2D eigenvalue weighted by Gasteiger charge is 2.31. The molecule has 0 aliphatic carbocycles. The van der Waals surface area contributed by atoms with Crippen molar-refractivity contribution in [1.29, 1.82) is 0 Å². The summed E-state index contributed by atoms with van der Waals surface area (Å²) in [6, 6.07) is 6.31. The van der Waals surface area contributed by atoms with Crippen molar-refractivity contribution in [3.05, 3.63) is 34.9 Å². The first-order valence-electron chi connectivity index (χ1n) is 5.82. The van der Waals surface area contributed by atoms with Crippen LogP contribution in [0, 0.1) is 13.8 Å². The van der Waals surface area contributed by atoms with Gasteiger partial charge in [-0.1, -0.05) is 30.7 Å². The molecule has 1 aromatic carbocycles. The van der Waals surface area contributed by atoms with Crippen molar-refractivity contribution in [2.45, 2.75) is 45.8 Å². The number of ether oxygens (including phenoxy) is 1. The van der Waals surface area contributed by atoms with E-state index in [4.69, 9.17) is 10.5 Å². The van der Waals surface area contributed by atoms with Crippen LogP contribution >= 0.6 is 0 Å². The van der Waals surface area contributed by atoms with Gasteiger partial charge in [0.05, 0.1) is 11.6 Å². The maximum absolute atomic E-state index is 6.32. The van der Waals surface area contributed by atoms with Crippen LogP contribution in [0.3, 0.4) is 0 Å². The standard InChI is InChI=1S/C14H23NO/c1-6-14(4,16-5)13(15)12-8-7-10(2)9-11(12)3/h7-9,13H,6,15H2,1-5H3. The molecule has 2 nitrogen and oxygen atoms in total. The van der Waals surface area contributed by atoms with Gasteiger partial charge in [-0.05, 0) is 38.3 Å². The van der Waals surface area contributed by atoms with E-state index in [9.17, 15) is 0 Å². The number of hydrogen-bond donors (Lipinski definition) is 1. The molecule has 2 heteroatoms. The first-order valence-corrected chi connectivity index (χ1v) is 5.82. The van der Waals surface area contributed by atoms with Gasteiger partial charge in [-0.2, -0.15) is 0 Å². The summed E-state index contributed by atoms with van der Waals surface area (Å²) in [6.45, 7) is 8.37. The van der Waals surface area contributed by atoms with Gasteiger partial charge in [-0.3, -0.25) is 0 Å². The largest absolute Gasteiger partial charge is 0.377 e. The Morgan fingerprint density at radius 3 is 2.44 bits per heavy atom. The Balaban J connectivity index is 3.08. The summed E-state index contributed by atoms with van der Waals surface area (Å²) in [5.41, 5.74) is 9.71. The molecule has 0 saturated heterocycles. The summed E-state index contributed by atoms with van der Waals surface area (Å²) in [7, 11) is 1.73. The Bertz CT molecular complexity index is 356. The summed E-state index contributed by atoms with van der Waals surface area (Å²) in [5.74, 6) is 0. The third-order valence-corrected chi connectivity index (χ3v) is 3.59. The fourth-order valence-corrected chi connectivity index (χ4v) is 1.99. The van der Waals surface area contributed by atoms with E-state index in [-0.39, 0.29) is 11.6 Å². The second kappa shape index (κ2) is 4.98. The molecule has 0 radical (unpaired) electrons. The number of benzene rings is 1. The zero-order valence-electron chi connectivity index (χ0n) is 11.0. The van der Waals surface area contributed by atoms with Gasteiger partial charge in [-0.15, -0.1) is 0 Å². The van der Waals surface area contributed by atoms with Crippen molar-refractivity contribution >= 4 is 0 Å². The molecule has 1 rings (SSSR count). The quantitative estimate of drug-likeness (QED) is 0.848. The summed E-state index contributed by atoms with van der Waals surface area (Å²) in [4.78, 5) is 0. The maximum Gasteiger partial charge on any atom is 0.0839 e. The smallest absolute Gasteiger partial charge is 0.0839 e. The van der Waals surface area contributed by atoms with Crippen molar-refractivity contribution < 1.29 is 4.74 Å². The Hall–Kier alpha value is -0.860. The summed E-state index contributed by atoms with van der Waals surface area (Å²) in [6.07, 6.45) is 0.901. The van der Waals surface area contributed by atoms with Crippen molar-refractivity contribution in [3.8, 4) is 0 Å². The monoisotopic (exact) mass is 221 g/mol. The minimum atomic E-state index is -0.292. The van der Waals surface area contributed by atoms with E-state index in [1.54, 1.807) is 7.11 Å². The van der Waals surface area contributed by atoms with Gasteiger partial charge < -0.3 is 10.5 Å². The van der Waals surface area contributed by atoms with Crippen molar-refractivity contribution in [2.75, 3.05) is 7.11 Å². The molecule has 0 aliphatic rings. The normalized spacial score (nSPS) is 16.9. The molecular weight excluding hydrogens is 198 g/mol. The molecule has 2 atom stereocenters. The van der Waals surface area contributed by atoms with Gasteiger partial charge in [0.2, 0.25) is 0 Å². The number of hydrogen-bond acceptors (Lipinski definition) is 2. The van der Waals surface area contributed by atoms with Crippen molar-refractivity contribution in [3.63, 3.8) is 0 Å². The SMILES string of the molecule is CCC(C)(OC)C(N)c1ccc(C)cc1C. The van der Waals surface area contributed by atoms with E-state index in [2.05, 4.69) is 45.9 Å². The first kappa shape index (κ1) is 13.2. The van der Waals surface area contributed by atoms with Crippen LogP contribution in [0.2, 0.25) is 0 Å². The van der Waals surface area contributed by atoms with Crippen molar-refractivity contribution in [1.82, 2.24) is 0 Å². The van der Waals surface area contributed by atoms with Crippen LogP contribution in [0.15, 0.2) is 18.2 Å². The molecular formula is C14H23NO. The average molecular weight is 221 g/mol. The molecule has 0 aliphatic heterocycles. The molecule has 2 unspecified atom stereocenters. The second-order valence-corrected chi connectivity index (χ2v) is 4.71. The van der Waals surface area contributed by atoms with Crippen LogP contribution < -0.4 is 5.73 Å². The van der Waals surface area contributed by atoms with E-state index in [0.717, 1.165) is 6.42 Å². The number of nitrogens with two attached hydrogens (primary N) is 1. The van der Waals surface area contributed by atoms with Gasteiger partial charge in [-0.25, -0.2) is 0 Å². The van der Waals surface area contributed by atoms with Crippen LogP contribution in [0.5, 0.6) is 0 Å². The van der Waals surface area contributed by atoms with Gasteiger partial charge in [0.15, 0.2) is 0 Å². The lowest BCUT2D eigenvalue weighted by Gasteiger charge is -2.34. The summed E-state index contributed by atoms with van der Waals surface area (Å²) in [5, 5.41) is 0. The molecule has 0 heterocycles. The fourth-order valence-electron chi connectivity index (χ4n) is 1.99. The Labute approximate surface area is 98.8 Å². The molecule has 0 amide bonds. The molecule has 2 N–H and O–H groups in total. The van der Waals surface area contributed by atoms with Crippen LogP contribution in [0.25, 0.3) is 0 Å². The predicted octanol–water partition coefficient (Wildman–Crippen LogP) is 3.12. The Morgan fingerprint density at radius 1 is 1.38 bits per heavy atom. The summed E-state index contributed by atoms with van der Waals surface area (Å²) >= 11 is 0. The van der Waals surface area contributed by atoms with E-state index in [1.807, 2.05) is 0 Å². The second-order valence-electron chi connectivity index (χ2n) is 4.71. The topological polar surface area (TPSA) is 35.2 Å². The van der Waals surface area contributed by atoms with Crippen molar-refractivity contribution in [2.24, 2.45) is 5.73 Å². The van der Waals surface area contributed by atoms with Gasteiger partial charge in [0.1, 0.15) is 0 Å². The van der Waals surface area contributed by atoms with Gasteiger partial charge in [0.25, 0.3) is 0 Å². The lowest BCUT2D eigenvalue weighted by atomic mass is 9.86. The van der Waals surface area contributed by atoms with Gasteiger partial charge in [0, 0.05) is 7.11 Å². The molecule has 0 fully saturated rings. The van der Waals surface area contributed by atoms with E-state index in [1.165, 1.54) is 16.7 Å². The molecule has 0 aromatic heterocycles. The van der Waals surface area contributed by atoms with Crippen LogP contribution in [-0.2, 0) is 4.74 Å². The first-order chi connectivity index (χ1) is 7.44. The number of rotatable bonds is 4. The lowest BCUT2D eigenvalue weighted by molar-refractivity contribution is -0.0196. The van der Waals surface area contributed by atoms with Crippen LogP contribution in [0.4, 0.5) is 0 Å². The highest BCUT2D eigenvalue weighted by molar-refractivity contribution is 5.34. The maximum atomic E-state index is 6.32. The number of aryl methyl sites for hydroxylation is 2. The molecule has 0 bridgehead atoms. The minimum Gasteiger partial charge on any atom is -0.377 e. The van der Waals surface area contributed by atoms with E-state index in [0.29, 0.717) is 0 Å². The Morgan fingerprint density at radius 2 is 2.00 bits per heavy atom. The molecule has 90 valence electrons. The molecule has 16 heavy (non-hydrogen) atoms. The predicted molar refractivity (Wildman–Crippen MR) is 68.5 cm³/mol. The highest BCUT2D eigenvalue weighted by atomic mass is 16.5. The van der Waals surface area contributed by atoms with Crippen LogP contribution in [-0.4, -0.2) is 12.7 Å². The summed E-state index contributed by atoms with van der Waals surface area (Å²) < 4.78 is 5.56. The zero-order chi connectivity index (χ0) is 12.3. The Kier molecular flexibility index (Phi) is 4.11. The van der Waals surface area contributed by atoms with Crippen LogP contribution in [0.1, 0.15) is 43.0 Å². The third kappa shape index (κ3) is 2.45. The lowest BCUT2D eigenvalue weighted by Crippen LogP contribution is -2.40. The molecule has 1 aromatic rings. The third-order valence-electron chi connectivity index (χ3n) is 3.59. The zero-order valence-corrected chi connectivity index (χ0v) is 11.0.